The average Bonchev–Trinajstić information content (AvgIpc) is 3.13. The second-order valence-electron chi connectivity index (χ2n) is 6.69. The average molecular weight is 317 g/mol. The molecule has 23 heavy (non-hydrogen) atoms. The van der Waals surface area contributed by atoms with E-state index < -0.39 is 0 Å². The first-order valence-corrected chi connectivity index (χ1v) is 8.69. The second-order valence-corrected chi connectivity index (χ2v) is 6.69. The van der Waals surface area contributed by atoms with Crippen LogP contribution >= 0.6 is 0 Å². The Morgan fingerprint density at radius 3 is 2.83 bits per heavy atom. The normalized spacial score (nSPS) is 22.6. The molecule has 0 radical (unpaired) electrons. The van der Waals surface area contributed by atoms with Crippen LogP contribution in [0, 0.1) is 0 Å². The highest BCUT2D eigenvalue weighted by molar-refractivity contribution is 5.05. The summed E-state index contributed by atoms with van der Waals surface area (Å²) in [5.41, 5.74) is 0. The summed E-state index contributed by atoms with van der Waals surface area (Å²) in [4.78, 5) is 11.4. The number of rotatable bonds is 6. The van der Waals surface area contributed by atoms with Crippen molar-refractivity contribution in [2.75, 3.05) is 13.1 Å². The maximum absolute atomic E-state index is 5.41. The first-order chi connectivity index (χ1) is 11.3. The van der Waals surface area contributed by atoms with Crippen molar-refractivity contribution in [1.29, 1.82) is 0 Å². The molecular weight excluding hydrogens is 294 g/mol. The molecule has 1 atom stereocenters. The van der Waals surface area contributed by atoms with Crippen LogP contribution in [0.15, 0.2) is 9.05 Å². The maximum Gasteiger partial charge on any atom is 0.229 e. The van der Waals surface area contributed by atoms with Gasteiger partial charge in [-0.2, -0.15) is 9.97 Å². The van der Waals surface area contributed by atoms with Crippen molar-refractivity contribution in [3.05, 3.63) is 23.4 Å². The van der Waals surface area contributed by atoms with Gasteiger partial charge in [-0.3, -0.25) is 4.90 Å². The fraction of sp³-hybridized carbons (Fsp3) is 0.750. The van der Waals surface area contributed by atoms with Crippen molar-refractivity contribution in [3.63, 3.8) is 0 Å². The summed E-state index contributed by atoms with van der Waals surface area (Å²) < 4.78 is 10.7. The van der Waals surface area contributed by atoms with Gasteiger partial charge < -0.3 is 9.05 Å². The van der Waals surface area contributed by atoms with Gasteiger partial charge in [-0.15, -0.1) is 0 Å². The van der Waals surface area contributed by atoms with E-state index in [-0.39, 0.29) is 0 Å². The van der Waals surface area contributed by atoms with Gasteiger partial charge in [0, 0.05) is 24.8 Å². The molecule has 2 aliphatic rings. The lowest BCUT2D eigenvalue weighted by molar-refractivity contribution is 0.188. The van der Waals surface area contributed by atoms with Crippen LogP contribution < -0.4 is 0 Å². The van der Waals surface area contributed by atoms with Crippen molar-refractivity contribution >= 4 is 0 Å². The zero-order valence-corrected chi connectivity index (χ0v) is 13.6. The molecule has 7 heteroatoms. The van der Waals surface area contributed by atoms with Crippen molar-refractivity contribution in [2.45, 2.75) is 63.8 Å². The van der Waals surface area contributed by atoms with E-state index in [1.807, 2.05) is 0 Å². The number of hydrogen-bond acceptors (Lipinski definition) is 7. The van der Waals surface area contributed by atoms with E-state index in [1.54, 1.807) is 0 Å². The fourth-order valence-electron chi connectivity index (χ4n) is 3.19. The lowest BCUT2D eigenvalue weighted by atomic mass is 9.97. The second kappa shape index (κ2) is 6.39. The number of aryl methyl sites for hydroxylation is 1. The highest BCUT2D eigenvalue weighted by Gasteiger charge is 2.32. The van der Waals surface area contributed by atoms with E-state index in [2.05, 4.69) is 32.1 Å². The summed E-state index contributed by atoms with van der Waals surface area (Å²) >= 11 is 0. The minimum Gasteiger partial charge on any atom is -0.339 e. The van der Waals surface area contributed by atoms with Gasteiger partial charge in [0.1, 0.15) is 0 Å². The van der Waals surface area contributed by atoms with E-state index in [9.17, 15) is 0 Å². The first-order valence-electron chi connectivity index (χ1n) is 8.69. The van der Waals surface area contributed by atoms with Crippen LogP contribution in [0.1, 0.15) is 74.3 Å². The minimum absolute atomic E-state index is 0.349. The van der Waals surface area contributed by atoms with Gasteiger partial charge in [-0.05, 0) is 38.6 Å². The standard InChI is InChI=1S/C16H23N5O2/c1-2-4-14-17-13(19-22-14)10-21-8-3-5-12(9-21)15-18-16(23-20-15)11-6-7-11/h11-12H,2-10H2,1H3/t12-/m0/s1. The molecule has 7 nitrogen and oxygen atoms in total. The lowest BCUT2D eigenvalue weighted by Crippen LogP contribution is -2.34. The largest absolute Gasteiger partial charge is 0.339 e. The summed E-state index contributed by atoms with van der Waals surface area (Å²) in [5, 5.41) is 8.29. The third kappa shape index (κ3) is 3.44. The summed E-state index contributed by atoms with van der Waals surface area (Å²) in [6.07, 6.45) is 6.51. The van der Waals surface area contributed by atoms with Crippen molar-refractivity contribution < 1.29 is 9.05 Å². The molecule has 3 heterocycles. The van der Waals surface area contributed by atoms with Gasteiger partial charge in [0.2, 0.25) is 11.8 Å². The summed E-state index contributed by atoms with van der Waals surface area (Å²) in [5.74, 6) is 4.09. The SMILES string of the molecule is CCCc1nc(CN2CCC[C@H](c3noc(C4CC4)n3)C2)no1. The van der Waals surface area contributed by atoms with Gasteiger partial charge >= 0.3 is 0 Å². The summed E-state index contributed by atoms with van der Waals surface area (Å²) in [6.45, 7) is 4.83. The van der Waals surface area contributed by atoms with Gasteiger partial charge in [0.15, 0.2) is 11.6 Å². The Labute approximate surface area is 135 Å². The molecule has 0 aromatic carbocycles. The van der Waals surface area contributed by atoms with Crippen molar-refractivity contribution in [1.82, 2.24) is 25.2 Å². The zero-order chi connectivity index (χ0) is 15.6. The van der Waals surface area contributed by atoms with Crippen LogP contribution in [0.4, 0.5) is 0 Å². The zero-order valence-electron chi connectivity index (χ0n) is 13.6. The topological polar surface area (TPSA) is 81.1 Å². The number of aromatic nitrogens is 4. The van der Waals surface area contributed by atoms with Crippen molar-refractivity contribution in [2.24, 2.45) is 0 Å². The quantitative estimate of drug-likeness (QED) is 0.810. The molecule has 1 saturated carbocycles. The summed E-state index contributed by atoms with van der Waals surface area (Å²) in [6, 6.07) is 0. The predicted molar refractivity (Wildman–Crippen MR) is 81.8 cm³/mol. The molecular formula is C16H23N5O2. The Morgan fingerprint density at radius 2 is 2.00 bits per heavy atom. The third-order valence-electron chi connectivity index (χ3n) is 4.59. The van der Waals surface area contributed by atoms with Crippen LogP contribution in [0.2, 0.25) is 0 Å². The third-order valence-corrected chi connectivity index (χ3v) is 4.59. The van der Waals surface area contributed by atoms with E-state index in [0.29, 0.717) is 11.8 Å². The molecule has 0 spiro atoms. The molecule has 1 aliphatic carbocycles. The molecule has 2 aromatic heterocycles. The molecule has 0 unspecified atom stereocenters. The molecule has 1 saturated heterocycles. The van der Waals surface area contributed by atoms with E-state index in [1.165, 1.54) is 12.8 Å². The van der Waals surface area contributed by atoms with Crippen LogP contribution in [0.3, 0.4) is 0 Å². The minimum atomic E-state index is 0.349. The van der Waals surface area contributed by atoms with Gasteiger partial charge in [-0.1, -0.05) is 17.2 Å². The van der Waals surface area contributed by atoms with Crippen molar-refractivity contribution in [3.8, 4) is 0 Å². The molecule has 0 bridgehead atoms. The van der Waals surface area contributed by atoms with Gasteiger partial charge in [0.25, 0.3) is 0 Å². The molecule has 2 aromatic rings. The Kier molecular flexibility index (Phi) is 4.11. The predicted octanol–water partition coefficient (Wildman–Crippen LogP) is 2.66. The Hall–Kier alpha value is -1.76. The Morgan fingerprint density at radius 1 is 1.09 bits per heavy atom. The molecule has 0 amide bonds. The molecule has 124 valence electrons. The highest BCUT2D eigenvalue weighted by atomic mass is 16.5. The van der Waals surface area contributed by atoms with E-state index >= 15 is 0 Å². The van der Waals surface area contributed by atoms with E-state index in [4.69, 9.17) is 9.05 Å². The molecule has 4 rings (SSSR count). The van der Waals surface area contributed by atoms with E-state index in [0.717, 1.165) is 68.7 Å². The molecule has 2 fully saturated rings. The van der Waals surface area contributed by atoms with Gasteiger partial charge in [0.05, 0.1) is 6.54 Å². The highest BCUT2D eigenvalue weighted by Crippen LogP contribution is 2.39. The molecule has 0 N–H and O–H groups in total. The Bertz CT molecular complexity index is 648. The smallest absolute Gasteiger partial charge is 0.229 e. The molecule has 1 aliphatic heterocycles. The first kappa shape index (κ1) is 14.8. The Balaban J connectivity index is 1.37. The number of nitrogens with zero attached hydrogens (tertiary/aromatic N) is 5. The fourth-order valence-corrected chi connectivity index (χ4v) is 3.19. The van der Waals surface area contributed by atoms with Crippen LogP contribution in [0.5, 0.6) is 0 Å². The van der Waals surface area contributed by atoms with Crippen LogP contribution in [0.25, 0.3) is 0 Å². The maximum atomic E-state index is 5.41. The van der Waals surface area contributed by atoms with Crippen LogP contribution in [-0.4, -0.2) is 38.3 Å². The van der Waals surface area contributed by atoms with Crippen LogP contribution in [-0.2, 0) is 13.0 Å². The lowest BCUT2D eigenvalue weighted by Gasteiger charge is -2.30. The summed E-state index contributed by atoms with van der Waals surface area (Å²) in [7, 11) is 0. The van der Waals surface area contributed by atoms with Gasteiger partial charge in [-0.25, -0.2) is 0 Å². The number of hydrogen-bond donors (Lipinski definition) is 0. The number of likely N-dealkylation sites (tertiary alicyclic amines) is 1. The number of piperidine rings is 1. The monoisotopic (exact) mass is 317 g/mol.